The normalized spacial score (nSPS) is 8.92. The number of methoxy groups -OCH3 is 2. The molecular formula is C6H9NO5. The molecule has 68 valence electrons. The van der Waals surface area contributed by atoms with E-state index in [0.717, 1.165) is 14.2 Å². The van der Waals surface area contributed by atoms with Crippen molar-refractivity contribution < 1.29 is 23.9 Å². The molecule has 6 heteroatoms. The smallest absolute Gasteiger partial charge is 0.340 e. The summed E-state index contributed by atoms with van der Waals surface area (Å²) in [6.45, 7) is 0. The van der Waals surface area contributed by atoms with E-state index in [9.17, 15) is 14.4 Å². The number of hydrogen-bond donors (Lipinski definition) is 1. The van der Waals surface area contributed by atoms with E-state index in [1.807, 2.05) is 5.32 Å². The second-order valence-electron chi connectivity index (χ2n) is 1.76. The summed E-state index contributed by atoms with van der Waals surface area (Å²) in [7, 11) is 2.20. The van der Waals surface area contributed by atoms with Crippen LogP contribution in [0.1, 0.15) is 0 Å². The summed E-state index contributed by atoms with van der Waals surface area (Å²) in [5.74, 6) is -1.73. The third-order valence-corrected chi connectivity index (χ3v) is 1.11. The first-order valence-corrected chi connectivity index (χ1v) is 3.02. The number of amides is 1. The molecule has 0 bridgehead atoms. The number of rotatable bonds is 4. The van der Waals surface area contributed by atoms with Crippen LogP contribution >= 0.6 is 0 Å². The lowest BCUT2D eigenvalue weighted by atomic mass is 10.3. The molecule has 0 fully saturated rings. The molecule has 1 amide bonds. The molecule has 0 saturated heterocycles. The number of ether oxygens (including phenoxy) is 2. The van der Waals surface area contributed by atoms with Crippen molar-refractivity contribution in [3.8, 4) is 0 Å². The van der Waals surface area contributed by atoms with E-state index in [2.05, 4.69) is 9.47 Å². The highest BCUT2D eigenvalue weighted by Gasteiger charge is 2.27. The Bertz CT molecular complexity index is 174. The molecule has 0 unspecified atom stereocenters. The molecule has 0 aliphatic carbocycles. The van der Waals surface area contributed by atoms with Gasteiger partial charge >= 0.3 is 11.9 Å². The minimum atomic E-state index is -1.38. The second-order valence-corrected chi connectivity index (χ2v) is 1.76. The SMILES string of the molecule is COC(=O)C(NC=O)C(=O)OC. The van der Waals surface area contributed by atoms with Crippen LogP contribution in [0.15, 0.2) is 0 Å². The molecule has 1 N–H and O–H groups in total. The Morgan fingerprint density at radius 1 is 1.25 bits per heavy atom. The molecule has 0 atom stereocenters. The highest BCUT2D eigenvalue weighted by atomic mass is 16.5. The van der Waals surface area contributed by atoms with E-state index in [-0.39, 0.29) is 6.41 Å². The molecule has 0 radical (unpaired) electrons. The average molecular weight is 175 g/mol. The molecular weight excluding hydrogens is 166 g/mol. The number of nitrogens with one attached hydrogen (secondary N) is 1. The average Bonchev–Trinajstić information content (AvgIpc) is 2.11. The fraction of sp³-hybridized carbons (Fsp3) is 0.500. The minimum Gasteiger partial charge on any atom is -0.467 e. The van der Waals surface area contributed by atoms with Crippen molar-refractivity contribution in [3.63, 3.8) is 0 Å². The van der Waals surface area contributed by atoms with Gasteiger partial charge in [-0.3, -0.25) is 4.79 Å². The van der Waals surface area contributed by atoms with Gasteiger partial charge in [0.2, 0.25) is 12.5 Å². The summed E-state index contributed by atoms with van der Waals surface area (Å²) >= 11 is 0. The Morgan fingerprint density at radius 2 is 1.67 bits per heavy atom. The number of hydrogen-bond acceptors (Lipinski definition) is 5. The number of esters is 2. The monoisotopic (exact) mass is 175 g/mol. The van der Waals surface area contributed by atoms with Crippen molar-refractivity contribution >= 4 is 18.3 Å². The maximum absolute atomic E-state index is 10.8. The standard InChI is InChI=1S/C6H9NO5/c1-11-5(9)4(7-3-8)6(10)12-2/h3-4H,1-2H3,(H,7,8). The van der Waals surface area contributed by atoms with E-state index < -0.39 is 18.0 Å². The van der Waals surface area contributed by atoms with Crippen molar-refractivity contribution in [2.24, 2.45) is 0 Å². The molecule has 12 heavy (non-hydrogen) atoms. The van der Waals surface area contributed by atoms with Gasteiger partial charge in [-0.05, 0) is 0 Å². The van der Waals surface area contributed by atoms with Gasteiger partial charge in [0.05, 0.1) is 14.2 Å². The maximum Gasteiger partial charge on any atom is 0.340 e. The predicted molar refractivity (Wildman–Crippen MR) is 37.0 cm³/mol. The van der Waals surface area contributed by atoms with Crippen LogP contribution in [-0.2, 0) is 23.9 Å². The van der Waals surface area contributed by atoms with Crippen LogP contribution in [0.2, 0.25) is 0 Å². The summed E-state index contributed by atoms with van der Waals surface area (Å²) in [5, 5.41) is 1.95. The number of carbonyl (C=O) groups is 3. The van der Waals surface area contributed by atoms with Crippen molar-refractivity contribution in [2.45, 2.75) is 6.04 Å². The fourth-order valence-corrected chi connectivity index (χ4v) is 0.536. The highest BCUT2D eigenvalue weighted by molar-refractivity contribution is 6.00. The fourth-order valence-electron chi connectivity index (χ4n) is 0.536. The Labute approximate surface area is 68.8 Å². The van der Waals surface area contributed by atoms with Gasteiger partial charge in [0.1, 0.15) is 0 Å². The summed E-state index contributed by atoms with van der Waals surface area (Å²) in [5.41, 5.74) is 0. The summed E-state index contributed by atoms with van der Waals surface area (Å²) in [6, 6.07) is -1.38. The molecule has 0 spiro atoms. The zero-order valence-corrected chi connectivity index (χ0v) is 6.70. The van der Waals surface area contributed by atoms with E-state index in [1.165, 1.54) is 0 Å². The molecule has 0 rings (SSSR count). The van der Waals surface area contributed by atoms with Gasteiger partial charge in [-0.25, -0.2) is 9.59 Å². The maximum atomic E-state index is 10.8. The molecule has 0 heterocycles. The van der Waals surface area contributed by atoms with Gasteiger partial charge in [0, 0.05) is 0 Å². The van der Waals surface area contributed by atoms with Crippen molar-refractivity contribution in [1.29, 1.82) is 0 Å². The first-order valence-electron chi connectivity index (χ1n) is 3.02. The lowest BCUT2D eigenvalue weighted by molar-refractivity contribution is -0.156. The zero-order valence-electron chi connectivity index (χ0n) is 6.70. The van der Waals surface area contributed by atoms with Crippen molar-refractivity contribution in [2.75, 3.05) is 14.2 Å². The van der Waals surface area contributed by atoms with E-state index in [1.54, 1.807) is 0 Å². The van der Waals surface area contributed by atoms with Gasteiger partial charge in [-0.2, -0.15) is 0 Å². The van der Waals surface area contributed by atoms with Crippen LogP contribution in [0, 0.1) is 0 Å². The van der Waals surface area contributed by atoms with Crippen LogP contribution in [0.5, 0.6) is 0 Å². The third kappa shape index (κ3) is 2.57. The van der Waals surface area contributed by atoms with Crippen LogP contribution in [-0.4, -0.2) is 38.6 Å². The Kier molecular flexibility index (Phi) is 4.43. The highest BCUT2D eigenvalue weighted by Crippen LogP contribution is 1.89. The lowest BCUT2D eigenvalue weighted by Crippen LogP contribution is -2.44. The molecule has 0 aromatic rings. The topological polar surface area (TPSA) is 81.7 Å². The van der Waals surface area contributed by atoms with Crippen LogP contribution in [0.4, 0.5) is 0 Å². The summed E-state index contributed by atoms with van der Waals surface area (Å²) in [4.78, 5) is 31.4. The summed E-state index contributed by atoms with van der Waals surface area (Å²) < 4.78 is 8.45. The van der Waals surface area contributed by atoms with E-state index in [4.69, 9.17) is 0 Å². The zero-order chi connectivity index (χ0) is 9.56. The quantitative estimate of drug-likeness (QED) is 0.317. The summed E-state index contributed by atoms with van der Waals surface area (Å²) in [6.07, 6.45) is 0.221. The van der Waals surface area contributed by atoms with Gasteiger partial charge in [0.25, 0.3) is 0 Å². The molecule has 0 aliphatic heterocycles. The van der Waals surface area contributed by atoms with Crippen molar-refractivity contribution in [1.82, 2.24) is 5.32 Å². The molecule has 0 saturated carbocycles. The third-order valence-electron chi connectivity index (χ3n) is 1.11. The van der Waals surface area contributed by atoms with Crippen molar-refractivity contribution in [3.05, 3.63) is 0 Å². The Balaban J connectivity index is 4.31. The molecule has 6 nitrogen and oxygen atoms in total. The molecule has 0 aromatic heterocycles. The Hall–Kier alpha value is -1.59. The van der Waals surface area contributed by atoms with Crippen LogP contribution in [0.25, 0.3) is 0 Å². The van der Waals surface area contributed by atoms with Gasteiger partial charge in [-0.1, -0.05) is 0 Å². The first-order chi connectivity index (χ1) is 5.67. The predicted octanol–water partition coefficient (Wildman–Crippen LogP) is -1.55. The van der Waals surface area contributed by atoms with E-state index in [0.29, 0.717) is 0 Å². The van der Waals surface area contributed by atoms with Crippen LogP contribution in [0.3, 0.4) is 0 Å². The molecule has 0 aromatic carbocycles. The van der Waals surface area contributed by atoms with Crippen LogP contribution < -0.4 is 5.32 Å². The van der Waals surface area contributed by atoms with Gasteiger partial charge in [0.15, 0.2) is 0 Å². The largest absolute Gasteiger partial charge is 0.467 e. The van der Waals surface area contributed by atoms with Gasteiger partial charge < -0.3 is 14.8 Å². The van der Waals surface area contributed by atoms with Gasteiger partial charge in [-0.15, -0.1) is 0 Å². The lowest BCUT2D eigenvalue weighted by Gasteiger charge is -2.09. The molecule has 0 aliphatic rings. The first kappa shape index (κ1) is 10.4. The minimum absolute atomic E-state index is 0.221. The second kappa shape index (κ2) is 5.11. The number of carbonyl (C=O) groups excluding carboxylic acids is 3. The van der Waals surface area contributed by atoms with E-state index >= 15 is 0 Å². The Morgan fingerprint density at radius 3 is 1.92 bits per heavy atom.